The Kier molecular flexibility index (Phi) is 5.02. The third-order valence-electron chi connectivity index (χ3n) is 13.2. The summed E-state index contributed by atoms with van der Waals surface area (Å²) in [6.07, 6.45) is 15.3. The van der Waals surface area contributed by atoms with Crippen molar-refractivity contribution >= 4 is 0 Å². The molecule has 2 heteroatoms. The average molecular weight is 442 g/mol. The molecule has 2 nitrogen and oxygen atoms in total. The van der Waals surface area contributed by atoms with Crippen molar-refractivity contribution in [1.82, 2.24) is 0 Å². The highest BCUT2D eigenvalue weighted by Crippen LogP contribution is 2.75. The van der Waals surface area contributed by atoms with Gasteiger partial charge in [-0.2, -0.15) is 0 Å². The molecule has 0 amide bonds. The average Bonchev–Trinajstić information content (AvgIpc) is 2.71. The minimum atomic E-state index is -0.139. The van der Waals surface area contributed by atoms with Crippen molar-refractivity contribution in [3.8, 4) is 0 Å². The van der Waals surface area contributed by atoms with E-state index in [-0.39, 0.29) is 11.5 Å². The maximum atomic E-state index is 10.9. The summed E-state index contributed by atoms with van der Waals surface area (Å²) in [5.41, 5.74) is 10.2. The molecule has 0 bridgehead atoms. The van der Waals surface area contributed by atoms with E-state index in [0.29, 0.717) is 38.9 Å². The molecule has 3 unspecified atom stereocenters. The van der Waals surface area contributed by atoms with E-state index in [9.17, 15) is 5.11 Å². The van der Waals surface area contributed by atoms with Crippen molar-refractivity contribution in [1.29, 1.82) is 0 Å². The minimum Gasteiger partial charge on any atom is -0.393 e. The molecule has 3 N–H and O–H groups in total. The first-order chi connectivity index (χ1) is 14.8. The summed E-state index contributed by atoms with van der Waals surface area (Å²) < 4.78 is 0. The molecule has 4 saturated carbocycles. The van der Waals surface area contributed by atoms with E-state index in [0.717, 1.165) is 18.9 Å². The highest BCUT2D eigenvalue weighted by atomic mass is 16.3. The van der Waals surface area contributed by atoms with Gasteiger partial charge in [-0.25, -0.2) is 0 Å². The largest absolute Gasteiger partial charge is 0.393 e. The SMILES string of the molecule is CC1(C)CC[C@]2(CN)CC[C@]3(C)C(=CCC4[C@@]5(C)CC[C@H](O)C(C)(C)C5CC[C@]43C)C2C1. The molecule has 0 radical (unpaired) electrons. The fraction of sp³-hybridized carbons (Fsp3) is 0.933. The second-order valence-electron chi connectivity index (χ2n) is 15.2. The van der Waals surface area contributed by atoms with Crippen LogP contribution < -0.4 is 5.73 Å². The molecule has 182 valence electrons. The Hall–Kier alpha value is -0.340. The third kappa shape index (κ3) is 2.78. The summed E-state index contributed by atoms with van der Waals surface area (Å²) >= 11 is 0. The van der Waals surface area contributed by atoms with E-state index in [2.05, 4.69) is 54.5 Å². The Morgan fingerprint density at radius 1 is 0.875 bits per heavy atom. The summed E-state index contributed by atoms with van der Waals surface area (Å²) in [5, 5.41) is 10.9. The van der Waals surface area contributed by atoms with Crippen LogP contribution in [0.5, 0.6) is 0 Å². The minimum absolute atomic E-state index is 0.0356. The fourth-order valence-electron chi connectivity index (χ4n) is 10.7. The van der Waals surface area contributed by atoms with Crippen LogP contribution in [0, 0.1) is 50.2 Å². The molecule has 0 saturated heterocycles. The molecule has 0 aromatic carbocycles. The zero-order valence-corrected chi connectivity index (χ0v) is 22.2. The number of hydrogen-bond acceptors (Lipinski definition) is 2. The van der Waals surface area contributed by atoms with E-state index in [4.69, 9.17) is 5.73 Å². The smallest absolute Gasteiger partial charge is 0.0594 e. The number of allylic oxidation sites excluding steroid dienone is 2. The van der Waals surface area contributed by atoms with E-state index in [1.165, 1.54) is 57.8 Å². The second-order valence-corrected chi connectivity index (χ2v) is 15.2. The van der Waals surface area contributed by atoms with Crippen molar-refractivity contribution < 1.29 is 5.11 Å². The molecule has 0 aliphatic heterocycles. The number of nitrogens with two attached hydrogens (primary N) is 1. The van der Waals surface area contributed by atoms with Crippen LogP contribution in [0.15, 0.2) is 11.6 Å². The number of aliphatic hydroxyl groups is 1. The van der Waals surface area contributed by atoms with Crippen molar-refractivity contribution in [3.05, 3.63) is 11.6 Å². The van der Waals surface area contributed by atoms with E-state index < -0.39 is 0 Å². The van der Waals surface area contributed by atoms with Gasteiger partial charge in [0.05, 0.1) is 6.10 Å². The molecule has 0 aromatic rings. The normalized spacial score (nSPS) is 53.8. The standard InChI is InChI=1S/C30H51NO/c1-25(2)14-16-30(19-31)17-15-28(6)20(21(30)18-25)8-9-23-27(5)12-11-24(32)26(3,4)22(27)10-13-29(23,28)7/h8,21-24,32H,9-19,31H2,1-7H3/t21?,22?,23?,24-,27-,28+,29+,30+/m0/s1. The zero-order valence-electron chi connectivity index (χ0n) is 22.2. The zero-order chi connectivity index (χ0) is 23.4. The van der Waals surface area contributed by atoms with Gasteiger partial charge < -0.3 is 10.8 Å². The molecule has 0 heterocycles. The van der Waals surface area contributed by atoms with Crippen LogP contribution in [0.1, 0.15) is 113 Å². The lowest BCUT2D eigenvalue weighted by molar-refractivity contribution is -0.203. The molecule has 0 aromatic heterocycles. The van der Waals surface area contributed by atoms with Crippen LogP contribution in [-0.4, -0.2) is 17.8 Å². The number of fused-ring (bicyclic) bond motifs is 7. The molecule has 5 rings (SSSR count). The maximum Gasteiger partial charge on any atom is 0.0594 e. The van der Waals surface area contributed by atoms with Crippen molar-refractivity contribution in [2.75, 3.05) is 6.54 Å². The Labute approximate surface area is 198 Å². The lowest BCUT2D eigenvalue weighted by Gasteiger charge is -2.71. The van der Waals surface area contributed by atoms with Crippen molar-refractivity contribution in [2.45, 2.75) is 119 Å². The van der Waals surface area contributed by atoms with Gasteiger partial charge in [0.15, 0.2) is 0 Å². The number of hydrogen-bond donors (Lipinski definition) is 2. The van der Waals surface area contributed by atoms with Gasteiger partial charge in [-0.15, -0.1) is 0 Å². The lowest BCUT2D eigenvalue weighted by Crippen LogP contribution is -2.65. The summed E-state index contributed by atoms with van der Waals surface area (Å²) in [4.78, 5) is 0. The summed E-state index contributed by atoms with van der Waals surface area (Å²) in [6.45, 7) is 18.5. The fourth-order valence-corrected chi connectivity index (χ4v) is 10.7. The van der Waals surface area contributed by atoms with Gasteiger partial charge in [0.25, 0.3) is 0 Å². The summed E-state index contributed by atoms with van der Waals surface area (Å²) in [6, 6.07) is 0. The van der Waals surface area contributed by atoms with Crippen LogP contribution in [-0.2, 0) is 0 Å². The van der Waals surface area contributed by atoms with Gasteiger partial charge in [0, 0.05) is 0 Å². The molecule has 5 aliphatic rings. The molecule has 32 heavy (non-hydrogen) atoms. The second kappa shape index (κ2) is 6.87. The van der Waals surface area contributed by atoms with Crippen molar-refractivity contribution in [3.63, 3.8) is 0 Å². The highest BCUT2D eigenvalue weighted by Gasteiger charge is 2.68. The molecule has 0 spiro atoms. The molecule has 5 aliphatic carbocycles. The van der Waals surface area contributed by atoms with Crippen molar-refractivity contribution in [2.24, 2.45) is 56.0 Å². The van der Waals surface area contributed by atoms with Crippen LogP contribution in [0.3, 0.4) is 0 Å². The first-order valence-electron chi connectivity index (χ1n) is 13.8. The van der Waals surface area contributed by atoms with E-state index >= 15 is 0 Å². The Morgan fingerprint density at radius 3 is 2.25 bits per heavy atom. The van der Waals surface area contributed by atoms with Gasteiger partial charge in [-0.1, -0.05) is 60.1 Å². The van der Waals surface area contributed by atoms with Gasteiger partial charge in [0.1, 0.15) is 0 Å². The Balaban J connectivity index is 1.58. The Morgan fingerprint density at radius 2 is 1.56 bits per heavy atom. The first-order valence-corrected chi connectivity index (χ1v) is 13.8. The van der Waals surface area contributed by atoms with Gasteiger partial charge in [-0.05, 0) is 121 Å². The van der Waals surface area contributed by atoms with Gasteiger partial charge in [0.2, 0.25) is 0 Å². The quantitative estimate of drug-likeness (QED) is 0.426. The van der Waals surface area contributed by atoms with E-state index in [1.807, 2.05) is 5.57 Å². The van der Waals surface area contributed by atoms with Gasteiger partial charge in [-0.3, -0.25) is 0 Å². The topological polar surface area (TPSA) is 46.2 Å². The first kappa shape index (κ1) is 23.4. The van der Waals surface area contributed by atoms with Crippen LogP contribution in [0.25, 0.3) is 0 Å². The number of aliphatic hydroxyl groups excluding tert-OH is 1. The third-order valence-corrected chi connectivity index (χ3v) is 13.2. The predicted molar refractivity (Wildman–Crippen MR) is 134 cm³/mol. The van der Waals surface area contributed by atoms with E-state index in [1.54, 1.807) is 0 Å². The lowest BCUT2D eigenvalue weighted by atomic mass is 9.33. The molecular weight excluding hydrogens is 390 g/mol. The summed E-state index contributed by atoms with van der Waals surface area (Å²) in [5.74, 6) is 2.05. The monoisotopic (exact) mass is 441 g/mol. The maximum absolute atomic E-state index is 10.9. The molecule has 4 fully saturated rings. The summed E-state index contributed by atoms with van der Waals surface area (Å²) in [7, 11) is 0. The number of rotatable bonds is 1. The van der Waals surface area contributed by atoms with Crippen LogP contribution >= 0.6 is 0 Å². The molecular formula is C30H51NO. The molecule has 8 atom stereocenters. The van der Waals surface area contributed by atoms with Crippen LogP contribution in [0.2, 0.25) is 0 Å². The van der Waals surface area contributed by atoms with Gasteiger partial charge >= 0.3 is 0 Å². The predicted octanol–water partition coefficient (Wildman–Crippen LogP) is 7.11. The Bertz CT molecular complexity index is 812. The van der Waals surface area contributed by atoms with Crippen LogP contribution in [0.4, 0.5) is 0 Å². The highest BCUT2D eigenvalue weighted by molar-refractivity contribution is 5.34.